The molecule has 0 atom stereocenters. The molecule has 0 unspecified atom stereocenters. The molecule has 0 spiro atoms. The highest BCUT2D eigenvalue weighted by atomic mass is 35.5. The van der Waals surface area contributed by atoms with Crippen LogP contribution in [-0.4, -0.2) is 12.1 Å². The highest BCUT2D eigenvalue weighted by molar-refractivity contribution is 6.26. The van der Waals surface area contributed by atoms with Gasteiger partial charge in [-0.1, -0.05) is 11.6 Å². The van der Waals surface area contributed by atoms with E-state index in [9.17, 15) is 4.79 Å². The van der Waals surface area contributed by atoms with Crippen LogP contribution in [-0.2, 0) is 9.53 Å². The van der Waals surface area contributed by atoms with Gasteiger partial charge in [0.2, 0.25) is 0 Å². The van der Waals surface area contributed by atoms with Crippen LogP contribution < -0.4 is 0 Å². The Bertz CT molecular complexity index is 118. The van der Waals surface area contributed by atoms with Gasteiger partial charge in [-0.25, -0.2) is 4.79 Å². The third kappa shape index (κ3) is 5.37. The van der Waals surface area contributed by atoms with Crippen molar-refractivity contribution in [1.29, 1.82) is 0 Å². The Morgan fingerprint density at radius 1 is 1.67 bits per heavy atom. The van der Waals surface area contributed by atoms with E-state index >= 15 is 0 Å². The van der Waals surface area contributed by atoms with Crippen molar-refractivity contribution in [1.82, 2.24) is 0 Å². The molecule has 0 radical (unpaired) electrons. The Morgan fingerprint density at radius 3 is 2.56 bits per heavy atom. The van der Waals surface area contributed by atoms with Crippen LogP contribution in [0.1, 0.15) is 13.8 Å². The van der Waals surface area contributed by atoms with Gasteiger partial charge in [0.25, 0.3) is 0 Å². The fourth-order valence-corrected chi connectivity index (χ4v) is 0.426. The first-order valence-electron chi connectivity index (χ1n) is 2.64. The van der Waals surface area contributed by atoms with Crippen molar-refractivity contribution < 1.29 is 9.53 Å². The van der Waals surface area contributed by atoms with E-state index in [1.807, 2.05) is 0 Å². The monoisotopic (exact) mass is 148 g/mol. The van der Waals surface area contributed by atoms with Gasteiger partial charge in [-0.3, -0.25) is 0 Å². The fraction of sp³-hybridized carbons (Fsp3) is 0.500. The van der Waals surface area contributed by atoms with Crippen molar-refractivity contribution in [3.05, 3.63) is 11.6 Å². The third-order valence-electron chi connectivity index (χ3n) is 0.551. The van der Waals surface area contributed by atoms with Gasteiger partial charge in [-0.2, -0.15) is 0 Å². The smallest absolute Gasteiger partial charge is 0.331 e. The van der Waals surface area contributed by atoms with Gasteiger partial charge in [0.1, 0.15) is 0 Å². The predicted octanol–water partition coefficient (Wildman–Crippen LogP) is 1.69. The summed E-state index contributed by atoms with van der Waals surface area (Å²) in [4.78, 5) is 10.5. The SMILES string of the molecule is CC(C)OC(=O)/C=C/Cl. The van der Waals surface area contributed by atoms with Crippen LogP contribution in [0.3, 0.4) is 0 Å². The highest BCUT2D eigenvalue weighted by Crippen LogP contribution is 1.90. The van der Waals surface area contributed by atoms with Gasteiger partial charge in [0.15, 0.2) is 0 Å². The van der Waals surface area contributed by atoms with Crippen molar-refractivity contribution in [2.75, 3.05) is 0 Å². The molecule has 0 aromatic carbocycles. The molecule has 0 aliphatic heterocycles. The molecule has 52 valence electrons. The maximum Gasteiger partial charge on any atom is 0.331 e. The predicted molar refractivity (Wildman–Crippen MR) is 36.2 cm³/mol. The normalized spacial score (nSPS) is 10.7. The molecule has 0 bridgehead atoms. The van der Waals surface area contributed by atoms with E-state index in [4.69, 9.17) is 11.6 Å². The maximum absolute atomic E-state index is 10.5. The summed E-state index contributed by atoms with van der Waals surface area (Å²) in [5, 5.41) is 0. The first kappa shape index (κ1) is 8.50. The summed E-state index contributed by atoms with van der Waals surface area (Å²) in [5.74, 6) is -0.403. The van der Waals surface area contributed by atoms with Crippen LogP contribution >= 0.6 is 11.6 Å². The number of ether oxygens (including phenoxy) is 1. The molecule has 2 nitrogen and oxygen atoms in total. The number of rotatable bonds is 2. The van der Waals surface area contributed by atoms with Crippen molar-refractivity contribution in [2.24, 2.45) is 0 Å². The number of halogens is 1. The van der Waals surface area contributed by atoms with Crippen LogP contribution in [0.15, 0.2) is 11.6 Å². The molecule has 0 saturated heterocycles. The van der Waals surface area contributed by atoms with Crippen molar-refractivity contribution in [2.45, 2.75) is 20.0 Å². The first-order chi connectivity index (χ1) is 4.16. The second-order valence-corrected chi connectivity index (χ2v) is 2.03. The largest absolute Gasteiger partial charge is 0.460 e. The minimum Gasteiger partial charge on any atom is -0.460 e. The number of hydrogen-bond acceptors (Lipinski definition) is 2. The third-order valence-corrected chi connectivity index (χ3v) is 0.677. The summed E-state index contributed by atoms with van der Waals surface area (Å²) in [6.45, 7) is 3.56. The van der Waals surface area contributed by atoms with E-state index in [2.05, 4.69) is 4.74 Å². The molecule has 0 aromatic rings. The van der Waals surface area contributed by atoms with Gasteiger partial charge < -0.3 is 4.74 Å². The van der Waals surface area contributed by atoms with E-state index in [1.54, 1.807) is 13.8 Å². The fourth-order valence-electron chi connectivity index (χ4n) is 0.323. The standard InChI is InChI=1S/C6H9ClO2/c1-5(2)9-6(8)3-4-7/h3-5H,1-2H3/b4-3+. The van der Waals surface area contributed by atoms with Gasteiger partial charge in [-0.05, 0) is 13.8 Å². The van der Waals surface area contributed by atoms with Gasteiger partial charge in [0.05, 0.1) is 6.10 Å². The Labute approximate surface area is 59.5 Å². The van der Waals surface area contributed by atoms with Crippen LogP contribution in [0.4, 0.5) is 0 Å². The summed E-state index contributed by atoms with van der Waals surface area (Å²) >= 11 is 5.10. The van der Waals surface area contributed by atoms with E-state index < -0.39 is 5.97 Å². The topological polar surface area (TPSA) is 26.3 Å². The van der Waals surface area contributed by atoms with Crippen LogP contribution in [0.25, 0.3) is 0 Å². The van der Waals surface area contributed by atoms with Crippen LogP contribution in [0, 0.1) is 0 Å². The number of hydrogen-bond donors (Lipinski definition) is 0. The molecule has 3 heteroatoms. The van der Waals surface area contributed by atoms with Crippen molar-refractivity contribution >= 4 is 17.6 Å². The minimum absolute atomic E-state index is 0.0784. The summed E-state index contributed by atoms with van der Waals surface area (Å²) in [6, 6.07) is 0. The van der Waals surface area contributed by atoms with E-state index in [0.717, 1.165) is 5.54 Å². The average molecular weight is 149 g/mol. The molecule has 0 aliphatic carbocycles. The molecule has 0 saturated carbocycles. The first-order valence-corrected chi connectivity index (χ1v) is 3.08. The Balaban J connectivity index is 3.51. The molecular formula is C6H9ClO2. The summed E-state index contributed by atoms with van der Waals surface area (Å²) in [5.41, 5.74) is 1.13. The van der Waals surface area contributed by atoms with Gasteiger partial charge >= 0.3 is 5.97 Å². The molecule has 9 heavy (non-hydrogen) atoms. The zero-order valence-electron chi connectivity index (χ0n) is 5.43. The Kier molecular flexibility index (Phi) is 4.14. The minimum atomic E-state index is -0.403. The van der Waals surface area contributed by atoms with Gasteiger partial charge in [0, 0.05) is 11.6 Å². The average Bonchev–Trinajstić information content (AvgIpc) is 1.63. The summed E-state index contributed by atoms with van der Waals surface area (Å²) in [7, 11) is 0. The Morgan fingerprint density at radius 2 is 2.22 bits per heavy atom. The number of carbonyl (C=O) groups excluding carboxylic acids is 1. The lowest BCUT2D eigenvalue weighted by Crippen LogP contribution is -2.07. The van der Waals surface area contributed by atoms with Gasteiger partial charge in [-0.15, -0.1) is 0 Å². The lowest BCUT2D eigenvalue weighted by atomic mass is 10.5. The lowest BCUT2D eigenvalue weighted by molar-refractivity contribution is -0.141. The maximum atomic E-state index is 10.5. The van der Waals surface area contributed by atoms with E-state index in [0.29, 0.717) is 0 Å². The molecule has 0 aliphatic rings. The van der Waals surface area contributed by atoms with Crippen molar-refractivity contribution in [3.8, 4) is 0 Å². The molecule has 0 N–H and O–H groups in total. The second-order valence-electron chi connectivity index (χ2n) is 1.78. The quantitative estimate of drug-likeness (QED) is 0.440. The lowest BCUT2D eigenvalue weighted by Gasteiger charge is -2.02. The molecule has 0 heterocycles. The second kappa shape index (κ2) is 4.39. The van der Waals surface area contributed by atoms with Crippen LogP contribution in [0.5, 0.6) is 0 Å². The molecular weight excluding hydrogens is 140 g/mol. The molecule has 0 aromatic heterocycles. The number of carbonyl (C=O) groups is 1. The molecule has 0 amide bonds. The summed E-state index contributed by atoms with van der Waals surface area (Å²) in [6.07, 6.45) is 1.09. The number of esters is 1. The molecule has 0 rings (SSSR count). The summed E-state index contributed by atoms with van der Waals surface area (Å²) < 4.78 is 4.68. The Hall–Kier alpha value is -0.500. The molecule has 0 fully saturated rings. The van der Waals surface area contributed by atoms with E-state index in [-0.39, 0.29) is 6.10 Å². The zero-order valence-corrected chi connectivity index (χ0v) is 6.18. The van der Waals surface area contributed by atoms with Crippen molar-refractivity contribution in [3.63, 3.8) is 0 Å². The van der Waals surface area contributed by atoms with Crippen LogP contribution in [0.2, 0.25) is 0 Å². The van der Waals surface area contributed by atoms with E-state index in [1.165, 1.54) is 6.08 Å². The zero-order chi connectivity index (χ0) is 7.28. The highest BCUT2D eigenvalue weighted by Gasteiger charge is 1.97.